The van der Waals surface area contributed by atoms with Crippen molar-refractivity contribution in [2.75, 3.05) is 13.7 Å². The number of fused-ring (bicyclic) bond motifs is 2. The van der Waals surface area contributed by atoms with Gasteiger partial charge >= 0.3 is 17.9 Å². The van der Waals surface area contributed by atoms with Gasteiger partial charge in [-0.15, -0.1) is 0 Å². The first-order chi connectivity index (χ1) is 18.2. The van der Waals surface area contributed by atoms with E-state index in [1.165, 1.54) is 6.08 Å². The average Bonchev–Trinajstić information content (AvgIpc) is 3.18. The van der Waals surface area contributed by atoms with Gasteiger partial charge in [0.1, 0.15) is 12.2 Å². The number of aliphatic hydroxyl groups excluding tert-OH is 3. The summed E-state index contributed by atoms with van der Waals surface area (Å²) in [5.74, 6) is -6.26. The molecule has 11 nitrogen and oxygen atoms in total. The minimum atomic E-state index is -2.22. The molecule has 214 valence electrons. The second kappa shape index (κ2) is 8.87. The summed E-state index contributed by atoms with van der Waals surface area (Å²) in [6, 6.07) is 0. The number of esters is 3. The SMILES string of the molecule is COC(=O)[C@]12OC[C@]34[C@H]([C@@H](O)[C@H]1O)[C@@]1(C)CC(=O)C(O)=C(C)[C@@H]1C[C@H]3OC(=O)[C@H](OC(=O)/C=C(\C)C(C)C)[C@@H]24. The molecule has 2 bridgehead atoms. The maximum Gasteiger partial charge on any atom is 0.348 e. The number of allylic oxidation sites excluding steroid dienone is 3. The largest absolute Gasteiger partial charge is 0.504 e. The van der Waals surface area contributed by atoms with Crippen LogP contribution in [0.5, 0.6) is 0 Å². The number of hydrogen-bond acceptors (Lipinski definition) is 11. The van der Waals surface area contributed by atoms with E-state index in [0.717, 1.165) is 7.11 Å². The molecule has 10 atom stereocenters. The second-order valence-electron chi connectivity index (χ2n) is 12.3. The minimum Gasteiger partial charge on any atom is -0.504 e. The molecule has 0 unspecified atom stereocenters. The third kappa shape index (κ3) is 3.39. The van der Waals surface area contributed by atoms with Crippen LogP contribution in [-0.4, -0.2) is 82.7 Å². The predicted octanol–water partition coefficient (Wildman–Crippen LogP) is 1.15. The van der Waals surface area contributed by atoms with E-state index < -0.39 is 82.3 Å². The van der Waals surface area contributed by atoms with Crippen LogP contribution in [0.1, 0.15) is 47.5 Å². The Balaban J connectivity index is 1.71. The van der Waals surface area contributed by atoms with Gasteiger partial charge in [0.2, 0.25) is 11.7 Å². The molecule has 2 aliphatic heterocycles. The number of carbonyl (C=O) groups is 4. The number of hydrogen-bond donors (Lipinski definition) is 3. The first kappa shape index (κ1) is 27.8. The average molecular weight is 549 g/mol. The molecule has 3 N–H and O–H groups in total. The summed E-state index contributed by atoms with van der Waals surface area (Å²) in [6.45, 7) is 8.72. The maximum absolute atomic E-state index is 13.5. The van der Waals surface area contributed by atoms with Gasteiger partial charge in [-0.3, -0.25) is 4.79 Å². The summed E-state index contributed by atoms with van der Waals surface area (Å²) in [7, 11) is 1.10. The fraction of sp³-hybridized carbons (Fsp3) is 0.714. The smallest absolute Gasteiger partial charge is 0.348 e. The van der Waals surface area contributed by atoms with Crippen molar-refractivity contribution in [3.63, 3.8) is 0 Å². The fourth-order valence-electron chi connectivity index (χ4n) is 8.37. The molecule has 2 heterocycles. The van der Waals surface area contributed by atoms with E-state index in [9.17, 15) is 34.5 Å². The highest BCUT2D eigenvalue weighted by Gasteiger charge is 2.85. The van der Waals surface area contributed by atoms with Gasteiger partial charge in [-0.1, -0.05) is 26.3 Å². The highest BCUT2D eigenvalue weighted by atomic mass is 16.6. The molecule has 5 aliphatic rings. The van der Waals surface area contributed by atoms with Gasteiger partial charge in [0.25, 0.3) is 0 Å². The molecule has 0 amide bonds. The summed E-state index contributed by atoms with van der Waals surface area (Å²) in [5, 5.41) is 33.7. The lowest BCUT2D eigenvalue weighted by Gasteiger charge is -2.67. The van der Waals surface area contributed by atoms with Crippen LogP contribution in [0.2, 0.25) is 0 Å². The summed E-state index contributed by atoms with van der Waals surface area (Å²) in [6.07, 6.45) is -4.75. The lowest BCUT2D eigenvalue weighted by molar-refractivity contribution is -0.290. The molecule has 1 spiro atoms. The number of methoxy groups -OCH3 is 1. The third-order valence-corrected chi connectivity index (χ3v) is 10.3. The number of rotatable bonds is 4. The Morgan fingerprint density at radius 1 is 1.18 bits per heavy atom. The molecule has 3 aliphatic carbocycles. The van der Waals surface area contributed by atoms with Gasteiger partial charge in [0.15, 0.2) is 11.5 Å². The van der Waals surface area contributed by atoms with Crippen LogP contribution >= 0.6 is 0 Å². The van der Waals surface area contributed by atoms with E-state index >= 15 is 0 Å². The van der Waals surface area contributed by atoms with Crippen molar-refractivity contribution < 1.29 is 53.4 Å². The Labute approximate surface area is 226 Å². The number of carbonyl (C=O) groups excluding carboxylic acids is 4. The zero-order valence-corrected chi connectivity index (χ0v) is 22.9. The van der Waals surface area contributed by atoms with Crippen molar-refractivity contribution in [1.29, 1.82) is 0 Å². The molecule has 2 saturated carbocycles. The monoisotopic (exact) mass is 548 g/mol. The Morgan fingerprint density at radius 2 is 1.85 bits per heavy atom. The Kier molecular flexibility index (Phi) is 6.32. The van der Waals surface area contributed by atoms with E-state index in [2.05, 4.69) is 0 Å². The summed E-state index contributed by atoms with van der Waals surface area (Å²) >= 11 is 0. The van der Waals surface area contributed by atoms with Crippen LogP contribution < -0.4 is 0 Å². The summed E-state index contributed by atoms with van der Waals surface area (Å²) in [5.41, 5.74) is -3.43. The Morgan fingerprint density at radius 3 is 2.46 bits per heavy atom. The normalized spacial score (nSPS) is 44.9. The quantitative estimate of drug-likeness (QED) is 0.262. The van der Waals surface area contributed by atoms with Gasteiger partial charge < -0.3 is 34.3 Å². The molecular weight excluding hydrogens is 512 g/mol. The van der Waals surface area contributed by atoms with Crippen LogP contribution in [0.4, 0.5) is 0 Å². The number of Topliss-reactive ketones (excluding diaryl/α,β-unsaturated/α-hetero) is 1. The first-order valence-corrected chi connectivity index (χ1v) is 13.3. The molecule has 0 radical (unpaired) electrons. The highest BCUT2D eigenvalue weighted by molar-refractivity contribution is 5.95. The van der Waals surface area contributed by atoms with E-state index in [1.54, 1.807) is 20.8 Å². The molecule has 5 rings (SSSR count). The van der Waals surface area contributed by atoms with Crippen LogP contribution in [0.25, 0.3) is 0 Å². The Hall–Kier alpha value is -2.76. The zero-order valence-electron chi connectivity index (χ0n) is 22.9. The van der Waals surface area contributed by atoms with E-state index in [-0.39, 0.29) is 31.1 Å². The van der Waals surface area contributed by atoms with Crippen molar-refractivity contribution in [3.05, 3.63) is 23.0 Å². The molecule has 39 heavy (non-hydrogen) atoms. The van der Waals surface area contributed by atoms with Crippen molar-refractivity contribution in [2.24, 2.45) is 34.5 Å². The van der Waals surface area contributed by atoms with Gasteiger partial charge in [-0.25, -0.2) is 14.4 Å². The van der Waals surface area contributed by atoms with Crippen LogP contribution in [-0.2, 0) is 38.1 Å². The predicted molar refractivity (Wildman–Crippen MR) is 132 cm³/mol. The lowest BCUT2D eigenvalue weighted by Crippen LogP contribution is -2.79. The molecule has 4 fully saturated rings. The van der Waals surface area contributed by atoms with Crippen LogP contribution in [0.3, 0.4) is 0 Å². The molecule has 2 saturated heterocycles. The van der Waals surface area contributed by atoms with Gasteiger partial charge in [0.05, 0.1) is 25.7 Å². The molecule has 11 heteroatoms. The molecule has 0 aromatic carbocycles. The number of aliphatic hydroxyl groups is 3. The number of ketones is 1. The maximum atomic E-state index is 13.5. The van der Waals surface area contributed by atoms with E-state index in [1.807, 2.05) is 13.8 Å². The minimum absolute atomic E-state index is 0.0302. The second-order valence-corrected chi connectivity index (χ2v) is 12.3. The number of ether oxygens (including phenoxy) is 4. The van der Waals surface area contributed by atoms with Gasteiger partial charge in [0, 0.05) is 23.8 Å². The fourth-order valence-corrected chi connectivity index (χ4v) is 8.37. The zero-order chi connectivity index (χ0) is 28.8. The standard InChI is InChI=1S/C28H36O11/c1-11(2)12(3)7-17(30)39-20-22-27-10-37-28(22,25(35)36-6)23(33)19(32)21(27)26(5)9-15(29)18(31)13(4)14(26)8-16(27)38-24(20)34/h7,11,14,16,19-23,31-33H,8-10H2,1-6H3/b12-7+/t14-,16+,19+,20+,21+,22+,23+,26-,27+,28+/m0/s1. The molecular formula is C28H36O11. The van der Waals surface area contributed by atoms with E-state index in [4.69, 9.17) is 18.9 Å². The molecule has 0 aromatic heterocycles. The topological polar surface area (TPSA) is 166 Å². The van der Waals surface area contributed by atoms with Crippen molar-refractivity contribution in [3.8, 4) is 0 Å². The summed E-state index contributed by atoms with van der Waals surface area (Å²) < 4.78 is 22.7. The van der Waals surface area contributed by atoms with Crippen molar-refractivity contribution >= 4 is 23.7 Å². The van der Waals surface area contributed by atoms with E-state index in [0.29, 0.717) is 11.1 Å². The third-order valence-electron chi connectivity index (χ3n) is 10.3. The van der Waals surface area contributed by atoms with Gasteiger partial charge in [-0.05, 0) is 43.1 Å². The lowest BCUT2D eigenvalue weighted by atomic mass is 9.38. The van der Waals surface area contributed by atoms with Crippen molar-refractivity contribution in [2.45, 2.75) is 77.5 Å². The highest BCUT2D eigenvalue weighted by Crippen LogP contribution is 2.72. The van der Waals surface area contributed by atoms with Crippen molar-refractivity contribution in [1.82, 2.24) is 0 Å². The first-order valence-electron chi connectivity index (χ1n) is 13.3. The van der Waals surface area contributed by atoms with Crippen LogP contribution in [0.15, 0.2) is 23.0 Å². The molecule has 0 aromatic rings. The summed E-state index contributed by atoms with van der Waals surface area (Å²) in [4.78, 5) is 52.8. The van der Waals surface area contributed by atoms with Crippen LogP contribution in [0, 0.1) is 34.5 Å². The van der Waals surface area contributed by atoms with Gasteiger partial charge in [-0.2, -0.15) is 0 Å². The Bertz CT molecular complexity index is 1200.